The third-order valence-electron chi connectivity index (χ3n) is 2.49. The van der Waals surface area contributed by atoms with Crippen LogP contribution in [0.5, 0.6) is 0 Å². The number of aryl methyl sites for hydroxylation is 1. The van der Waals surface area contributed by atoms with Gasteiger partial charge in [-0.1, -0.05) is 0 Å². The van der Waals surface area contributed by atoms with E-state index in [0.717, 1.165) is 10.4 Å². The van der Waals surface area contributed by atoms with Crippen molar-refractivity contribution in [1.82, 2.24) is 4.31 Å². The highest BCUT2D eigenvalue weighted by atomic mass is 32.2. The lowest BCUT2D eigenvalue weighted by atomic mass is 10.2. The van der Waals surface area contributed by atoms with Crippen LogP contribution in [0, 0.1) is 12.7 Å². The minimum absolute atomic E-state index is 0.236. The van der Waals surface area contributed by atoms with Gasteiger partial charge in [-0.05, 0) is 44.5 Å². The van der Waals surface area contributed by atoms with E-state index in [2.05, 4.69) is 0 Å². The Bertz CT molecular complexity index is 563. The zero-order valence-corrected chi connectivity index (χ0v) is 11.7. The van der Waals surface area contributed by atoms with Gasteiger partial charge in [0.25, 0.3) is 0 Å². The van der Waals surface area contributed by atoms with Gasteiger partial charge in [-0.3, -0.25) is 4.79 Å². The first-order valence-corrected chi connectivity index (χ1v) is 7.09. The lowest BCUT2D eigenvalue weighted by Crippen LogP contribution is -2.40. The first-order valence-electron chi connectivity index (χ1n) is 5.65. The van der Waals surface area contributed by atoms with Gasteiger partial charge >= 0.3 is 5.97 Å². The van der Waals surface area contributed by atoms with Gasteiger partial charge in [0.05, 0.1) is 4.90 Å². The molecule has 0 saturated heterocycles. The van der Waals surface area contributed by atoms with Gasteiger partial charge < -0.3 is 5.11 Å². The number of sulfonamides is 1. The predicted octanol–water partition coefficient (Wildman–Crippen LogP) is 1.62. The predicted molar refractivity (Wildman–Crippen MR) is 67.8 cm³/mol. The van der Waals surface area contributed by atoms with Crippen molar-refractivity contribution < 1.29 is 22.7 Å². The molecule has 7 heteroatoms. The van der Waals surface area contributed by atoms with Gasteiger partial charge in [-0.25, -0.2) is 12.8 Å². The van der Waals surface area contributed by atoms with Crippen molar-refractivity contribution in [2.45, 2.75) is 31.7 Å². The molecule has 106 valence electrons. The second-order valence-electron chi connectivity index (χ2n) is 4.50. The molecular formula is C12H16FNO4S. The quantitative estimate of drug-likeness (QED) is 0.893. The van der Waals surface area contributed by atoms with E-state index in [1.165, 1.54) is 12.1 Å². The van der Waals surface area contributed by atoms with E-state index in [4.69, 9.17) is 5.11 Å². The summed E-state index contributed by atoms with van der Waals surface area (Å²) in [6, 6.07) is 2.87. The number of carboxylic acid groups (broad SMARTS) is 1. The lowest BCUT2D eigenvalue weighted by Gasteiger charge is -2.24. The summed E-state index contributed by atoms with van der Waals surface area (Å²) >= 11 is 0. The minimum Gasteiger partial charge on any atom is -0.480 e. The second kappa shape index (κ2) is 5.66. The molecular weight excluding hydrogens is 273 g/mol. The Morgan fingerprint density at radius 1 is 1.37 bits per heavy atom. The maximum Gasteiger partial charge on any atom is 0.318 e. The Hall–Kier alpha value is -1.47. The first kappa shape index (κ1) is 15.6. The van der Waals surface area contributed by atoms with E-state index in [1.807, 2.05) is 0 Å². The summed E-state index contributed by atoms with van der Waals surface area (Å²) in [7, 11) is -4.03. The topological polar surface area (TPSA) is 74.7 Å². The van der Waals surface area contributed by atoms with Crippen LogP contribution in [-0.4, -0.2) is 36.4 Å². The molecule has 1 aromatic rings. The molecule has 0 bridgehead atoms. The fraction of sp³-hybridized carbons (Fsp3) is 0.417. The zero-order chi connectivity index (χ0) is 14.8. The summed E-state index contributed by atoms with van der Waals surface area (Å²) in [5, 5.41) is 8.77. The number of halogens is 1. The number of nitrogens with zero attached hydrogens (tertiary/aromatic N) is 1. The Morgan fingerprint density at radius 3 is 2.37 bits per heavy atom. The van der Waals surface area contributed by atoms with Gasteiger partial charge in [-0.15, -0.1) is 0 Å². The van der Waals surface area contributed by atoms with Crippen LogP contribution in [0.1, 0.15) is 19.4 Å². The Morgan fingerprint density at radius 2 is 1.95 bits per heavy atom. The zero-order valence-electron chi connectivity index (χ0n) is 10.9. The molecule has 1 N–H and O–H groups in total. The molecule has 0 unspecified atom stereocenters. The maximum absolute atomic E-state index is 13.3. The molecule has 0 aliphatic carbocycles. The lowest BCUT2D eigenvalue weighted by molar-refractivity contribution is -0.137. The third kappa shape index (κ3) is 3.74. The smallest absolute Gasteiger partial charge is 0.318 e. The molecule has 0 aromatic heterocycles. The maximum atomic E-state index is 13.3. The molecule has 0 aliphatic heterocycles. The van der Waals surface area contributed by atoms with E-state index in [9.17, 15) is 17.6 Å². The number of hydrogen-bond donors (Lipinski definition) is 1. The molecule has 0 saturated carbocycles. The summed E-state index contributed by atoms with van der Waals surface area (Å²) in [6.07, 6.45) is 0. The van der Waals surface area contributed by atoms with Gasteiger partial charge in [-0.2, -0.15) is 4.31 Å². The largest absolute Gasteiger partial charge is 0.480 e. The first-order chi connectivity index (χ1) is 8.64. The van der Waals surface area contributed by atoms with Crippen LogP contribution in [0.4, 0.5) is 4.39 Å². The van der Waals surface area contributed by atoms with Crippen molar-refractivity contribution in [2.75, 3.05) is 6.54 Å². The van der Waals surface area contributed by atoms with Gasteiger partial charge in [0, 0.05) is 6.04 Å². The van der Waals surface area contributed by atoms with Gasteiger partial charge in [0.2, 0.25) is 10.0 Å². The molecule has 0 amide bonds. The van der Waals surface area contributed by atoms with Crippen molar-refractivity contribution in [3.05, 3.63) is 29.6 Å². The van der Waals surface area contributed by atoms with Crippen molar-refractivity contribution in [3.63, 3.8) is 0 Å². The highest BCUT2D eigenvalue weighted by molar-refractivity contribution is 7.89. The molecule has 1 rings (SSSR count). The van der Waals surface area contributed by atoms with Crippen molar-refractivity contribution in [3.8, 4) is 0 Å². The van der Waals surface area contributed by atoms with Crippen molar-refractivity contribution in [2.24, 2.45) is 0 Å². The van der Waals surface area contributed by atoms with Crippen molar-refractivity contribution in [1.29, 1.82) is 0 Å². The molecule has 19 heavy (non-hydrogen) atoms. The van der Waals surface area contributed by atoms with E-state index in [0.29, 0.717) is 5.56 Å². The number of benzene rings is 1. The summed E-state index contributed by atoms with van der Waals surface area (Å²) in [5.41, 5.74) is 0.456. The fourth-order valence-electron chi connectivity index (χ4n) is 1.67. The van der Waals surface area contributed by atoms with E-state index < -0.39 is 34.4 Å². The van der Waals surface area contributed by atoms with E-state index in [-0.39, 0.29) is 4.90 Å². The summed E-state index contributed by atoms with van der Waals surface area (Å²) in [6.45, 7) is 4.04. The summed E-state index contributed by atoms with van der Waals surface area (Å²) < 4.78 is 38.7. The number of aliphatic carboxylic acids is 1. The molecule has 0 aliphatic rings. The highest BCUT2D eigenvalue weighted by Crippen LogP contribution is 2.20. The Kier molecular flexibility index (Phi) is 4.65. The number of carboxylic acids is 1. The average Bonchev–Trinajstić information content (AvgIpc) is 2.23. The summed E-state index contributed by atoms with van der Waals surface area (Å²) in [4.78, 5) is 10.5. The van der Waals surface area contributed by atoms with Crippen molar-refractivity contribution >= 4 is 16.0 Å². The van der Waals surface area contributed by atoms with E-state index in [1.54, 1.807) is 20.8 Å². The second-order valence-corrected chi connectivity index (χ2v) is 6.39. The minimum atomic E-state index is -4.03. The number of carbonyl (C=O) groups is 1. The van der Waals surface area contributed by atoms with Gasteiger partial charge in [0.15, 0.2) is 0 Å². The monoisotopic (exact) mass is 289 g/mol. The standard InChI is InChI=1S/C12H16FNO4S/c1-8(2)14(7-12(15)16)19(17,18)11-5-9(3)4-10(13)6-11/h4-6,8H,7H2,1-3H3,(H,15,16). The Labute approximate surface area is 111 Å². The van der Waals surface area contributed by atoms with Crippen LogP contribution in [0.2, 0.25) is 0 Å². The molecule has 0 fully saturated rings. The molecule has 0 heterocycles. The molecule has 5 nitrogen and oxygen atoms in total. The van der Waals surface area contributed by atoms with Crippen LogP contribution in [0.3, 0.4) is 0 Å². The van der Waals surface area contributed by atoms with Crippen LogP contribution in [-0.2, 0) is 14.8 Å². The van der Waals surface area contributed by atoms with Crippen LogP contribution in [0.25, 0.3) is 0 Å². The highest BCUT2D eigenvalue weighted by Gasteiger charge is 2.29. The summed E-state index contributed by atoms with van der Waals surface area (Å²) in [5.74, 6) is -1.93. The van der Waals surface area contributed by atoms with Crippen LogP contribution < -0.4 is 0 Å². The van der Waals surface area contributed by atoms with E-state index >= 15 is 0 Å². The fourth-order valence-corrected chi connectivity index (χ4v) is 3.37. The molecule has 1 aromatic carbocycles. The average molecular weight is 289 g/mol. The van der Waals surface area contributed by atoms with Crippen LogP contribution in [0.15, 0.2) is 23.1 Å². The third-order valence-corrected chi connectivity index (χ3v) is 4.49. The van der Waals surface area contributed by atoms with Crippen LogP contribution >= 0.6 is 0 Å². The normalized spacial score (nSPS) is 12.1. The molecule has 0 atom stereocenters. The number of hydrogen-bond acceptors (Lipinski definition) is 3. The SMILES string of the molecule is Cc1cc(F)cc(S(=O)(=O)N(CC(=O)O)C(C)C)c1. The Balaban J connectivity index is 3.30. The molecule has 0 radical (unpaired) electrons. The van der Waals surface area contributed by atoms with Gasteiger partial charge in [0.1, 0.15) is 12.4 Å². The number of rotatable bonds is 5. The molecule has 0 spiro atoms.